The lowest BCUT2D eigenvalue weighted by molar-refractivity contribution is -0.106. The summed E-state index contributed by atoms with van der Waals surface area (Å²) < 4.78 is 0. The third-order valence-corrected chi connectivity index (χ3v) is 19.4. The van der Waals surface area contributed by atoms with Crippen LogP contribution in [-0.4, -0.2) is 0 Å². The minimum absolute atomic E-state index is 0.478. The van der Waals surface area contributed by atoms with E-state index in [1.165, 1.54) is 32.1 Å². The summed E-state index contributed by atoms with van der Waals surface area (Å²) >= 11 is 0. The molecule has 0 heterocycles. The van der Waals surface area contributed by atoms with Crippen LogP contribution in [0, 0.1) is 111 Å². The van der Waals surface area contributed by atoms with Gasteiger partial charge in [-0.15, -0.1) is 0 Å². The number of hydrogen-bond donors (Lipinski definition) is 0. The molecule has 0 aromatic carbocycles. The second kappa shape index (κ2) is 13.2. The Morgan fingerprint density at radius 3 is 1.70 bits per heavy atom. The van der Waals surface area contributed by atoms with Crippen molar-refractivity contribution in [2.45, 2.75) is 183 Å². The van der Waals surface area contributed by atoms with E-state index in [0.29, 0.717) is 10.8 Å². The third kappa shape index (κ3) is 5.52. The van der Waals surface area contributed by atoms with Gasteiger partial charge in [0.1, 0.15) is 0 Å². The van der Waals surface area contributed by atoms with Crippen LogP contribution in [-0.2, 0) is 0 Å². The summed E-state index contributed by atoms with van der Waals surface area (Å²) in [6.45, 7) is 18.3. The fraction of sp³-hybridized carbons (Fsp3) is 1.00. The smallest absolute Gasteiger partial charge is 0.0227 e. The first-order valence-corrected chi connectivity index (χ1v) is 22.7. The summed E-state index contributed by atoms with van der Waals surface area (Å²) in [6.07, 6.45) is 33.1. The van der Waals surface area contributed by atoms with Crippen molar-refractivity contribution in [1.29, 1.82) is 0 Å². The van der Waals surface area contributed by atoms with E-state index in [1.54, 1.807) is 103 Å². The zero-order valence-corrected chi connectivity index (χ0v) is 32.7. The van der Waals surface area contributed by atoms with Gasteiger partial charge in [-0.05, 0) is 182 Å². The van der Waals surface area contributed by atoms with Gasteiger partial charge in [-0.25, -0.2) is 0 Å². The van der Waals surface area contributed by atoms with Crippen LogP contribution in [0.15, 0.2) is 0 Å². The first-order valence-electron chi connectivity index (χ1n) is 22.7. The van der Waals surface area contributed by atoms with Crippen molar-refractivity contribution in [3.05, 3.63) is 0 Å². The minimum Gasteiger partial charge on any atom is -0.0651 e. The predicted octanol–water partition coefficient (Wildman–Crippen LogP) is 13.9. The molecule has 0 bridgehead atoms. The van der Waals surface area contributed by atoms with Crippen molar-refractivity contribution < 1.29 is 0 Å². The van der Waals surface area contributed by atoms with Gasteiger partial charge in [0.15, 0.2) is 0 Å². The lowest BCUT2D eigenvalue weighted by Gasteiger charge is -2.59. The molecule has 0 N–H and O–H groups in total. The summed E-state index contributed by atoms with van der Waals surface area (Å²) in [6, 6.07) is 0. The molecule has 0 aromatic rings. The molecule has 0 saturated heterocycles. The lowest BCUT2D eigenvalue weighted by atomic mass is 9.45. The Balaban J connectivity index is 1.24. The lowest BCUT2D eigenvalue weighted by Crippen LogP contribution is -2.52. The Hall–Kier alpha value is 0. The van der Waals surface area contributed by atoms with Crippen molar-refractivity contribution in [2.75, 3.05) is 0 Å². The van der Waals surface area contributed by atoms with Gasteiger partial charge in [-0.1, -0.05) is 113 Å². The molecular formula is C47H80. The van der Waals surface area contributed by atoms with Crippen LogP contribution in [0.2, 0.25) is 0 Å². The van der Waals surface area contributed by atoms with Gasteiger partial charge in [0, 0.05) is 0 Å². The molecule has 15 atom stereocenters. The second-order valence-electron chi connectivity index (χ2n) is 21.6. The molecule has 0 aromatic heterocycles. The zero-order valence-electron chi connectivity index (χ0n) is 32.7. The van der Waals surface area contributed by atoms with Gasteiger partial charge >= 0.3 is 0 Å². The Bertz CT molecular complexity index is 1030. The molecule has 0 nitrogen and oxygen atoms in total. The molecule has 0 amide bonds. The maximum atomic E-state index is 2.68. The molecule has 8 saturated carbocycles. The van der Waals surface area contributed by atoms with Crippen molar-refractivity contribution in [1.82, 2.24) is 0 Å². The number of rotatable bonds is 6. The average Bonchev–Trinajstić information content (AvgIpc) is 3.56. The fourth-order valence-corrected chi connectivity index (χ4v) is 18.0. The van der Waals surface area contributed by atoms with Gasteiger partial charge in [-0.2, -0.15) is 0 Å². The molecule has 8 rings (SSSR count). The molecule has 0 aliphatic heterocycles. The summed E-state index contributed by atoms with van der Waals surface area (Å²) in [4.78, 5) is 0. The van der Waals surface area contributed by atoms with Gasteiger partial charge < -0.3 is 0 Å². The largest absolute Gasteiger partial charge is 0.0651 e. The van der Waals surface area contributed by atoms with E-state index in [1.807, 2.05) is 0 Å². The van der Waals surface area contributed by atoms with Crippen molar-refractivity contribution in [3.8, 4) is 0 Å². The second-order valence-corrected chi connectivity index (χ2v) is 21.6. The van der Waals surface area contributed by atoms with Gasteiger partial charge in [0.05, 0.1) is 0 Å². The Morgan fingerprint density at radius 2 is 1.09 bits per heavy atom. The number of hydrogen-bond acceptors (Lipinski definition) is 0. The summed E-state index contributed by atoms with van der Waals surface area (Å²) in [7, 11) is 0. The van der Waals surface area contributed by atoms with E-state index < -0.39 is 0 Å². The quantitative estimate of drug-likeness (QED) is 0.270. The molecule has 8 fully saturated rings. The highest BCUT2D eigenvalue weighted by atomic mass is 14.8. The maximum absolute atomic E-state index is 2.68. The minimum atomic E-state index is 0.478. The molecule has 268 valence electrons. The summed E-state index contributed by atoms with van der Waals surface area (Å²) in [5.74, 6) is 18.1. The van der Waals surface area contributed by atoms with E-state index in [2.05, 4.69) is 48.5 Å². The van der Waals surface area contributed by atoms with Crippen LogP contribution in [0.4, 0.5) is 0 Å². The normalized spacial score (nSPS) is 50.9. The third-order valence-electron chi connectivity index (χ3n) is 19.4. The zero-order chi connectivity index (χ0) is 32.7. The first kappa shape index (κ1) is 34.1. The van der Waals surface area contributed by atoms with Crippen molar-refractivity contribution in [3.63, 3.8) is 0 Å². The summed E-state index contributed by atoms with van der Waals surface area (Å²) in [5.41, 5.74) is 1.16. The van der Waals surface area contributed by atoms with Crippen LogP contribution in [0.3, 0.4) is 0 Å². The topological polar surface area (TPSA) is 0 Å². The van der Waals surface area contributed by atoms with Crippen molar-refractivity contribution >= 4 is 0 Å². The SMILES string of the molecule is CCC(CC)C1CC(C(CC)CC)CC2(C1)C1CCC3CC4CC5CCCCC5CC4C3C1C1CC(C(C)(C)C)C3CCCCC3C12. The maximum Gasteiger partial charge on any atom is -0.0227 e. The van der Waals surface area contributed by atoms with Crippen LogP contribution in [0.5, 0.6) is 0 Å². The fourth-order valence-electron chi connectivity index (χ4n) is 18.0. The highest BCUT2D eigenvalue weighted by Gasteiger charge is 2.71. The van der Waals surface area contributed by atoms with Crippen LogP contribution in [0.1, 0.15) is 183 Å². The average molecular weight is 645 g/mol. The molecular weight excluding hydrogens is 565 g/mol. The molecule has 1 spiro atoms. The Kier molecular flexibility index (Phi) is 9.58. The van der Waals surface area contributed by atoms with E-state index in [4.69, 9.17) is 0 Å². The van der Waals surface area contributed by atoms with Crippen LogP contribution >= 0.6 is 0 Å². The van der Waals surface area contributed by atoms with Gasteiger partial charge in [0.25, 0.3) is 0 Å². The molecule has 8 aliphatic carbocycles. The Labute approximate surface area is 293 Å². The molecule has 8 aliphatic rings. The Morgan fingerprint density at radius 1 is 0.511 bits per heavy atom. The van der Waals surface area contributed by atoms with E-state index in [0.717, 1.165) is 101 Å². The highest BCUT2D eigenvalue weighted by Crippen LogP contribution is 2.77. The molecule has 47 heavy (non-hydrogen) atoms. The van der Waals surface area contributed by atoms with Crippen LogP contribution in [0.25, 0.3) is 0 Å². The van der Waals surface area contributed by atoms with Gasteiger partial charge in [0.2, 0.25) is 0 Å². The first-order chi connectivity index (χ1) is 22.7. The van der Waals surface area contributed by atoms with Crippen molar-refractivity contribution in [2.24, 2.45) is 111 Å². The molecule has 0 heteroatoms. The van der Waals surface area contributed by atoms with Gasteiger partial charge in [-0.3, -0.25) is 0 Å². The summed E-state index contributed by atoms with van der Waals surface area (Å²) in [5, 5.41) is 0. The molecule has 0 radical (unpaired) electrons. The molecule has 15 unspecified atom stereocenters. The van der Waals surface area contributed by atoms with E-state index in [-0.39, 0.29) is 0 Å². The number of fused-ring (bicyclic) bond motifs is 12. The monoisotopic (exact) mass is 645 g/mol. The highest BCUT2D eigenvalue weighted by molar-refractivity contribution is 5.19. The van der Waals surface area contributed by atoms with E-state index >= 15 is 0 Å². The van der Waals surface area contributed by atoms with E-state index in [9.17, 15) is 0 Å². The van der Waals surface area contributed by atoms with Crippen LogP contribution < -0.4 is 0 Å². The predicted molar refractivity (Wildman–Crippen MR) is 201 cm³/mol. The standard InChI is InChI=1S/C47H80/c1-8-29(9-2)35-24-36(30(10-3)11-4)28-47(27-35)41-21-20-33-23-34-22-31-16-12-13-17-32(31)25-39(34)43(33)44(41)40-26-42(46(5,6)7)37-18-14-15-19-38(37)45(40)47/h29-45H,8-28H2,1-7H3.